The molecule has 0 radical (unpaired) electrons. The summed E-state index contributed by atoms with van der Waals surface area (Å²) in [7, 11) is 0. The van der Waals surface area contributed by atoms with Crippen LogP contribution in [-0.4, -0.2) is 39.4 Å². The average Bonchev–Trinajstić information content (AvgIpc) is 2.40. The Kier molecular flexibility index (Phi) is 7.34. The molecule has 0 aliphatic carbocycles. The number of carboxylic acid groups (broad SMARTS) is 1. The summed E-state index contributed by atoms with van der Waals surface area (Å²) in [5, 5.41) is 28.8. The lowest BCUT2D eigenvalue weighted by molar-refractivity contribution is -0.156. The molecule has 1 aromatic carbocycles. The number of benzene rings is 1. The van der Waals surface area contributed by atoms with Crippen LogP contribution in [0.15, 0.2) is 30.3 Å². The molecule has 2 atom stereocenters. The lowest BCUT2D eigenvalue weighted by Crippen LogP contribution is -2.42. The molecule has 2 unspecified atom stereocenters. The molecule has 0 aliphatic heterocycles. The molecule has 18 heavy (non-hydrogen) atoms. The molecule has 6 nitrogen and oxygen atoms in total. The molecule has 0 spiro atoms. The van der Waals surface area contributed by atoms with Gasteiger partial charge < -0.3 is 20.6 Å². The second-order valence-electron chi connectivity index (χ2n) is 3.08. The van der Waals surface area contributed by atoms with Crippen LogP contribution < -0.4 is 5.32 Å². The van der Waals surface area contributed by atoms with Gasteiger partial charge in [-0.25, -0.2) is 4.79 Å². The second-order valence-corrected chi connectivity index (χ2v) is 3.08. The maximum absolute atomic E-state index is 11.3. The van der Waals surface area contributed by atoms with E-state index in [1.807, 2.05) is 13.8 Å². The van der Waals surface area contributed by atoms with Gasteiger partial charge in [0, 0.05) is 5.69 Å². The van der Waals surface area contributed by atoms with Crippen molar-refractivity contribution < 1.29 is 24.9 Å². The zero-order valence-electron chi connectivity index (χ0n) is 10.2. The maximum Gasteiger partial charge on any atom is 0.335 e. The third kappa shape index (κ3) is 4.94. The first-order chi connectivity index (χ1) is 8.52. The Labute approximate surface area is 105 Å². The van der Waals surface area contributed by atoms with Crippen LogP contribution in [0.3, 0.4) is 0 Å². The first-order valence-corrected chi connectivity index (χ1v) is 5.47. The number of nitrogens with one attached hydrogen (secondary N) is 1. The summed E-state index contributed by atoms with van der Waals surface area (Å²) in [5.41, 5.74) is 0.407. The van der Waals surface area contributed by atoms with Crippen LogP contribution in [0.25, 0.3) is 0 Å². The number of carbonyl (C=O) groups excluding carboxylic acids is 1. The molecule has 6 heteroatoms. The zero-order valence-corrected chi connectivity index (χ0v) is 10.2. The standard InChI is InChI=1S/C10H11NO5.C2H6/c12-7(8(13)10(15)16)9(14)11-6-4-2-1-3-5-6;1-2/h1-5,7-8,12-13H,(H,11,14)(H,15,16);1-2H3. The summed E-state index contributed by atoms with van der Waals surface area (Å²) in [6.45, 7) is 4.00. The minimum atomic E-state index is -2.14. The fourth-order valence-corrected chi connectivity index (χ4v) is 1.02. The third-order valence-electron chi connectivity index (χ3n) is 1.86. The van der Waals surface area contributed by atoms with Crippen molar-refractivity contribution in [2.24, 2.45) is 0 Å². The van der Waals surface area contributed by atoms with Crippen LogP contribution in [0, 0.1) is 0 Å². The molecular formula is C12H17NO5. The van der Waals surface area contributed by atoms with Gasteiger partial charge >= 0.3 is 5.97 Å². The molecule has 0 aromatic heterocycles. The summed E-state index contributed by atoms with van der Waals surface area (Å²) in [5.74, 6) is -2.63. The van der Waals surface area contributed by atoms with E-state index in [0.717, 1.165) is 0 Å². The molecule has 0 heterocycles. The highest BCUT2D eigenvalue weighted by molar-refractivity contribution is 5.97. The van der Waals surface area contributed by atoms with Crippen molar-refractivity contribution in [1.29, 1.82) is 0 Å². The molecule has 1 amide bonds. The number of anilines is 1. The Hall–Kier alpha value is -1.92. The Morgan fingerprint density at radius 1 is 1.06 bits per heavy atom. The number of aliphatic carboxylic acids is 1. The molecule has 4 N–H and O–H groups in total. The summed E-state index contributed by atoms with van der Waals surface area (Å²) in [6, 6.07) is 8.19. The Morgan fingerprint density at radius 3 is 2.00 bits per heavy atom. The molecule has 0 fully saturated rings. The lowest BCUT2D eigenvalue weighted by atomic mass is 10.2. The van der Waals surface area contributed by atoms with E-state index in [9.17, 15) is 14.7 Å². The maximum atomic E-state index is 11.3. The number of carbonyl (C=O) groups is 2. The van der Waals surface area contributed by atoms with Gasteiger partial charge in [0.15, 0.2) is 12.2 Å². The van der Waals surface area contributed by atoms with Gasteiger partial charge in [0.2, 0.25) is 0 Å². The quantitative estimate of drug-likeness (QED) is 0.625. The average molecular weight is 255 g/mol. The summed E-state index contributed by atoms with van der Waals surface area (Å²) < 4.78 is 0. The Morgan fingerprint density at radius 2 is 1.56 bits per heavy atom. The van der Waals surface area contributed by atoms with Crippen molar-refractivity contribution in [3.8, 4) is 0 Å². The molecule has 1 aromatic rings. The van der Waals surface area contributed by atoms with Crippen LogP contribution in [0.5, 0.6) is 0 Å². The highest BCUT2D eigenvalue weighted by atomic mass is 16.4. The predicted molar refractivity (Wildman–Crippen MR) is 66.1 cm³/mol. The van der Waals surface area contributed by atoms with Gasteiger partial charge in [0.25, 0.3) is 5.91 Å². The number of hydrogen-bond acceptors (Lipinski definition) is 4. The number of carboxylic acids is 1. The normalized spacial score (nSPS) is 12.7. The molecule has 0 saturated heterocycles. The van der Waals surface area contributed by atoms with Gasteiger partial charge in [-0.2, -0.15) is 0 Å². The van der Waals surface area contributed by atoms with Crippen molar-refractivity contribution in [1.82, 2.24) is 0 Å². The monoisotopic (exact) mass is 255 g/mol. The zero-order chi connectivity index (χ0) is 14.1. The van der Waals surface area contributed by atoms with Crippen molar-refractivity contribution in [2.45, 2.75) is 26.1 Å². The van der Waals surface area contributed by atoms with E-state index in [2.05, 4.69) is 5.32 Å². The topological polar surface area (TPSA) is 107 Å². The van der Waals surface area contributed by atoms with Gasteiger partial charge in [0.1, 0.15) is 0 Å². The van der Waals surface area contributed by atoms with E-state index in [0.29, 0.717) is 5.69 Å². The predicted octanol–water partition coefficient (Wildman–Crippen LogP) is 0.458. The summed E-state index contributed by atoms with van der Waals surface area (Å²) in [4.78, 5) is 21.6. The van der Waals surface area contributed by atoms with Crippen molar-refractivity contribution in [3.63, 3.8) is 0 Å². The first-order valence-electron chi connectivity index (χ1n) is 5.47. The van der Waals surface area contributed by atoms with E-state index in [-0.39, 0.29) is 0 Å². The number of hydrogen-bond donors (Lipinski definition) is 4. The Balaban J connectivity index is 0.00000137. The highest BCUT2D eigenvalue weighted by Crippen LogP contribution is 2.06. The number of amides is 1. The number of aliphatic hydroxyl groups excluding tert-OH is 2. The minimum absolute atomic E-state index is 0.407. The first kappa shape index (κ1) is 16.1. The summed E-state index contributed by atoms with van der Waals surface area (Å²) >= 11 is 0. The SMILES string of the molecule is CC.O=C(O)C(O)C(O)C(=O)Nc1ccccc1. The fraction of sp³-hybridized carbons (Fsp3) is 0.333. The van der Waals surface area contributed by atoms with Gasteiger partial charge in [-0.05, 0) is 12.1 Å². The fourth-order valence-electron chi connectivity index (χ4n) is 1.02. The van der Waals surface area contributed by atoms with Crippen molar-refractivity contribution >= 4 is 17.6 Å². The van der Waals surface area contributed by atoms with E-state index in [1.165, 1.54) is 0 Å². The van der Waals surface area contributed by atoms with Crippen LogP contribution in [-0.2, 0) is 9.59 Å². The smallest absolute Gasteiger partial charge is 0.335 e. The van der Waals surface area contributed by atoms with Crippen LogP contribution >= 0.6 is 0 Å². The molecule has 0 bridgehead atoms. The number of aliphatic hydroxyl groups is 2. The number of rotatable bonds is 4. The van der Waals surface area contributed by atoms with Gasteiger partial charge in [-0.15, -0.1) is 0 Å². The van der Waals surface area contributed by atoms with E-state index >= 15 is 0 Å². The third-order valence-corrected chi connectivity index (χ3v) is 1.86. The molecular weight excluding hydrogens is 238 g/mol. The van der Waals surface area contributed by atoms with Crippen LogP contribution in [0.2, 0.25) is 0 Å². The van der Waals surface area contributed by atoms with Gasteiger partial charge in [-0.3, -0.25) is 4.79 Å². The lowest BCUT2D eigenvalue weighted by Gasteiger charge is -2.13. The molecule has 0 aliphatic rings. The largest absolute Gasteiger partial charge is 0.479 e. The van der Waals surface area contributed by atoms with Gasteiger partial charge in [-0.1, -0.05) is 32.0 Å². The van der Waals surface area contributed by atoms with E-state index < -0.39 is 24.1 Å². The second kappa shape index (κ2) is 8.21. The highest BCUT2D eigenvalue weighted by Gasteiger charge is 2.29. The van der Waals surface area contributed by atoms with E-state index in [1.54, 1.807) is 30.3 Å². The van der Waals surface area contributed by atoms with Crippen LogP contribution in [0.1, 0.15) is 13.8 Å². The van der Waals surface area contributed by atoms with Crippen molar-refractivity contribution in [2.75, 3.05) is 5.32 Å². The minimum Gasteiger partial charge on any atom is -0.479 e. The van der Waals surface area contributed by atoms with Crippen LogP contribution in [0.4, 0.5) is 5.69 Å². The van der Waals surface area contributed by atoms with E-state index in [4.69, 9.17) is 10.2 Å². The summed E-state index contributed by atoms with van der Waals surface area (Å²) in [6.07, 6.45) is -4.14. The molecule has 1 rings (SSSR count). The Bertz CT molecular complexity index is 379. The molecule has 0 saturated carbocycles. The molecule has 100 valence electrons. The van der Waals surface area contributed by atoms with Crippen molar-refractivity contribution in [3.05, 3.63) is 30.3 Å². The number of para-hydroxylation sites is 1. The van der Waals surface area contributed by atoms with Gasteiger partial charge in [0.05, 0.1) is 0 Å².